The van der Waals surface area contributed by atoms with E-state index in [9.17, 15) is 9.59 Å². The van der Waals surface area contributed by atoms with Gasteiger partial charge in [-0.15, -0.1) is 0 Å². The van der Waals surface area contributed by atoms with Crippen LogP contribution in [-0.4, -0.2) is 28.4 Å². The van der Waals surface area contributed by atoms with Crippen LogP contribution in [0.1, 0.15) is 86.4 Å². The van der Waals surface area contributed by atoms with Crippen molar-refractivity contribution in [2.24, 2.45) is 0 Å². The van der Waals surface area contributed by atoms with Gasteiger partial charge in [-0.25, -0.2) is 4.79 Å². The minimum Gasteiger partial charge on any atom is -0.464 e. The van der Waals surface area contributed by atoms with Crippen LogP contribution in [0, 0.1) is 0 Å². The van der Waals surface area contributed by atoms with E-state index in [1.54, 1.807) is 18.3 Å². The fourth-order valence-corrected chi connectivity index (χ4v) is 3.36. The lowest BCUT2D eigenvalue weighted by molar-refractivity contribution is 0.0580. The van der Waals surface area contributed by atoms with E-state index in [0.717, 1.165) is 12.8 Å². The second-order valence-electron chi connectivity index (χ2n) is 6.21. The Kier molecular flexibility index (Phi) is 10.7. The van der Waals surface area contributed by atoms with Crippen molar-refractivity contribution in [1.82, 2.24) is 4.57 Å². The Morgan fingerprint density at radius 2 is 1.75 bits per heavy atom. The molecule has 24 heavy (non-hydrogen) atoms. The molecule has 1 atom stereocenters. The molecular formula is C19H30BrNO3. The molecule has 1 aromatic heterocycles. The van der Waals surface area contributed by atoms with E-state index in [0.29, 0.717) is 6.42 Å². The molecule has 1 unspecified atom stereocenters. The molecule has 0 saturated heterocycles. The molecule has 0 aromatic carbocycles. The highest BCUT2D eigenvalue weighted by Gasteiger charge is 2.18. The Balaban J connectivity index is 2.23. The third-order valence-corrected chi connectivity index (χ3v) is 4.96. The van der Waals surface area contributed by atoms with E-state index in [2.05, 4.69) is 22.9 Å². The first kappa shape index (κ1) is 20.9. The number of carbonyl (C=O) groups is 2. The molecule has 0 radical (unpaired) electrons. The van der Waals surface area contributed by atoms with Crippen molar-refractivity contribution in [3.8, 4) is 0 Å². The minimum absolute atomic E-state index is 0.0816. The quantitative estimate of drug-likeness (QED) is 0.261. The molecule has 0 saturated carbocycles. The summed E-state index contributed by atoms with van der Waals surface area (Å²) in [6.45, 7) is 2.24. The maximum Gasteiger partial charge on any atom is 0.355 e. The van der Waals surface area contributed by atoms with Gasteiger partial charge >= 0.3 is 5.97 Å². The summed E-state index contributed by atoms with van der Waals surface area (Å²) < 4.78 is 6.08. The van der Waals surface area contributed by atoms with Crippen molar-refractivity contribution >= 4 is 27.8 Å². The third kappa shape index (κ3) is 7.65. The number of rotatable bonds is 12. The van der Waals surface area contributed by atoms with Gasteiger partial charge in [-0.2, -0.15) is 0 Å². The van der Waals surface area contributed by atoms with Gasteiger partial charge in [0.15, 0.2) is 0 Å². The smallest absolute Gasteiger partial charge is 0.355 e. The zero-order chi connectivity index (χ0) is 17.8. The number of methoxy groups -OCH3 is 1. The molecule has 1 aromatic rings. The monoisotopic (exact) mass is 399 g/mol. The van der Waals surface area contributed by atoms with Crippen LogP contribution < -0.4 is 0 Å². The lowest BCUT2D eigenvalue weighted by Crippen LogP contribution is -2.20. The fraction of sp³-hybridized carbons (Fsp3) is 0.684. The molecule has 0 N–H and O–H groups in total. The van der Waals surface area contributed by atoms with Gasteiger partial charge in [-0.05, 0) is 18.6 Å². The SMILES string of the molecule is CCCCCCCCCCC(Br)CC(=O)n1cccc1C(=O)OC. The highest BCUT2D eigenvalue weighted by Crippen LogP contribution is 2.18. The summed E-state index contributed by atoms with van der Waals surface area (Å²) in [5, 5.41) is 0. The molecule has 1 rings (SSSR count). The predicted molar refractivity (Wildman–Crippen MR) is 101 cm³/mol. The van der Waals surface area contributed by atoms with Crippen LogP contribution in [0.5, 0.6) is 0 Å². The van der Waals surface area contributed by atoms with E-state index in [-0.39, 0.29) is 16.4 Å². The van der Waals surface area contributed by atoms with E-state index in [1.807, 2.05) is 0 Å². The van der Waals surface area contributed by atoms with Crippen LogP contribution >= 0.6 is 15.9 Å². The second-order valence-corrected chi connectivity index (χ2v) is 7.51. The minimum atomic E-state index is -0.484. The van der Waals surface area contributed by atoms with Crippen molar-refractivity contribution in [3.05, 3.63) is 24.0 Å². The van der Waals surface area contributed by atoms with Gasteiger partial charge in [0, 0.05) is 17.4 Å². The fourth-order valence-electron chi connectivity index (χ4n) is 2.76. The molecule has 136 valence electrons. The number of aromatic nitrogens is 1. The number of hydrogen-bond acceptors (Lipinski definition) is 3. The third-order valence-electron chi connectivity index (χ3n) is 4.18. The molecule has 1 heterocycles. The summed E-state index contributed by atoms with van der Waals surface area (Å²) >= 11 is 3.60. The molecular weight excluding hydrogens is 370 g/mol. The number of hydrogen-bond donors (Lipinski definition) is 0. The number of alkyl halides is 1. The first-order valence-corrected chi connectivity index (χ1v) is 9.94. The van der Waals surface area contributed by atoms with E-state index in [1.165, 1.54) is 56.6 Å². The predicted octanol–water partition coefficient (Wildman–Crippen LogP) is 5.60. The highest BCUT2D eigenvalue weighted by atomic mass is 79.9. The van der Waals surface area contributed by atoms with Crippen molar-refractivity contribution in [3.63, 3.8) is 0 Å². The zero-order valence-corrected chi connectivity index (χ0v) is 16.5. The second kappa shape index (κ2) is 12.3. The molecule has 0 aliphatic carbocycles. The topological polar surface area (TPSA) is 48.3 Å². The summed E-state index contributed by atoms with van der Waals surface area (Å²) in [6.07, 6.45) is 13.3. The zero-order valence-electron chi connectivity index (χ0n) is 14.9. The summed E-state index contributed by atoms with van der Waals surface area (Å²) in [5.41, 5.74) is 0.286. The van der Waals surface area contributed by atoms with Gasteiger partial charge in [0.05, 0.1) is 7.11 Å². The van der Waals surface area contributed by atoms with Crippen LogP contribution in [-0.2, 0) is 4.74 Å². The lowest BCUT2D eigenvalue weighted by Gasteiger charge is -2.11. The first-order valence-electron chi connectivity index (χ1n) is 9.03. The average Bonchev–Trinajstić information content (AvgIpc) is 3.06. The van der Waals surface area contributed by atoms with E-state index < -0.39 is 5.97 Å². The van der Waals surface area contributed by atoms with Crippen molar-refractivity contribution in [1.29, 1.82) is 0 Å². The van der Waals surface area contributed by atoms with E-state index in [4.69, 9.17) is 4.74 Å². The Bertz CT molecular complexity index is 499. The molecule has 0 aliphatic heterocycles. The average molecular weight is 400 g/mol. The van der Waals surface area contributed by atoms with Gasteiger partial charge in [-0.1, -0.05) is 74.2 Å². The standard InChI is InChI=1S/C19H30BrNO3/c1-3-4-5-6-7-8-9-10-12-16(20)15-18(22)21-14-11-13-17(21)19(23)24-2/h11,13-14,16H,3-10,12,15H2,1-2H3. The molecule has 0 spiro atoms. The Labute approximate surface area is 154 Å². The number of nitrogens with zero attached hydrogens (tertiary/aromatic N) is 1. The summed E-state index contributed by atoms with van der Waals surface area (Å²) in [6, 6.07) is 3.29. The highest BCUT2D eigenvalue weighted by molar-refractivity contribution is 9.09. The number of ether oxygens (including phenoxy) is 1. The molecule has 0 amide bonds. The number of carbonyl (C=O) groups excluding carboxylic acids is 2. The van der Waals surface area contributed by atoms with Crippen molar-refractivity contribution in [2.45, 2.75) is 76.0 Å². The summed E-state index contributed by atoms with van der Waals surface area (Å²) in [7, 11) is 1.32. The van der Waals surface area contributed by atoms with Crippen LogP contribution in [0.4, 0.5) is 0 Å². The van der Waals surface area contributed by atoms with Gasteiger partial charge in [0.1, 0.15) is 5.69 Å². The van der Waals surface area contributed by atoms with Gasteiger partial charge in [0.2, 0.25) is 5.91 Å². The van der Waals surface area contributed by atoms with Crippen LogP contribution in [0.3, 0.4) is 0 Å². The normalized spacial score (nSPS) is 12.1. The van der Waals surface area contributed by atoms with Gasteiger partial charge < -0.3 is 4.74 Å². The number of unbranched alkanes of at least 4 members (excludes halogenated alkanes) is 7. The summed E-state index contributed by atoms with van der Waals surface area (Å²) in [5.74, 6) is -0.565. The van der Waals surface area contributed by atoms with Crippen LogP contribution in [0.15, 0.2) is 18.3 Å². The maximum absolute atomic E-state index is 12.3. The largest absolute Gasteiger partial charge is 0.464 e. The van der Waals surface area contributed by atoms with Gasteiger partial charge in [0.25, 0.3) is 0 Å². The van der Waals surface area contributed by atoms with Gasteiger partial charge in [-0.3, -0.25) is 9.36 Å². The Morgan fingerprint density at radius 3 is 2.38 bits per heavy atom. The lowest BCUT2D eigenvalue weighted by atomic mass is 10.1. The van der Waals surface area contributed by atoms with Crippen LogP contribution in [0.25, 0.3) is 0 Å². The number of esters is 1. The molecule has 0 fully saturated rings. The summed E-state index contributed by atoms with van der Waals surface area (Å²) in [4.78, 5) is 24.1. The first-order chi connectivity index (χ1) is 11.6. The molecule has 4 nitrogen and oxygen atoms in total. The van der Waals surface area contributed by atoms with E-state index >= 15 is 0 Å². The molecule has 0 bridgehead atoms. The Morgan fingerprint density at radius 1 is 1.12 bits per heavy atom. The molecule has 0 aliphatic rings. The van der Waals surface area contributed by atoms with Crippen LogP contribution in [0.2, 0.25) is 0 Å². The molecule has 5 heteroatoms. The Hall–Kier alpha value is -1.10. The maximum atomic E-state index is 12.3. The van der Waals surface area contributed by atoms with Crippen molar-refractivity contribution in [2.75, 3.05) is 7.11 Å². The van der Waals surface area contributed by atoms with Crippen molar-refractivity contribution < 1.29 is 14.3 Å². The number of halogens is 1.